The summed E-state index contributed by atoms with van der Waals surface area (Å²) in [5, 5.41) is -0.00889. The van der Waals surface area contributed by atoms with Crippen LogP contribution in [0.25, 0.3) is 0 Å². The van der Waals surface area contributed by atoms with Gasteiger partial charge in [0.1, 0.15) is 5.82 Å². The Labute approximate surface area is 92.4 Å². The van der Waals surface area contributed by atoms with E-state index in [2.05, 4.69) is 5.43 Å². The maximum absolute atomic E-state index is 12.9. The van der Waals surface area contributed by atoms with E-state index >= 15 is 0 Å². The van der Waals surface area contributed by atoms with Crippen molar-refractivity contribution in [3.63, 3.8) is 0 Å². The molecule has 0 unspecified atom stereocenters. The molecule has 15 heavy (non-hydrogen) atoms. The minimum absolute atomic E-state index is 0.00889. The Balaban J connectivity index is 3.16. The van der Waals surface area contributed by atoms with Gasteiger partial charge in [0, 0.05) is 0 Å². The summed E-state index contributed by atoms with van der Waals surface area (Å²) in [7, 11) is 0. The highest BCUT2D eigenvalue weighted by atomic mass is 35.5. The zero-order chi connectivity index (χ0) is 11.6. The zero-order valence-corrected chi connectivity index (χ0v) is 9.23. The smallest absolute Gasteiger partial charge is 0.243 e. The summed E-state index contributed by atoms with van der Waals surface area (Å²) in [5.41, 5.74) is 1.83. The van der Waals surface area contributed by atoms with Gasteiger partial charge in [0.05, 0.1) is 10.4 Å². The van der Waals surface area contributed by atoms with Crippen molar-refractivity contribution in [3.05, 3.63) is 34.6 Å². The zero-order valence-electron chi connectivity index (χ0n) is 8.47. The van der Waals surface area contributed by atoms with Crippen LogP contribution in [0.15, 0.2) is 18.2 Å². The van der Waals surface area contributed by atoms with Crippen molar-refractivity contribution < 1.29 is 9.18 Å². The molecule has 0 fully saturated rings. The van der Waals surface area contributed by atoms with E-state index in [-0.39, 0.29) is 10.9 Å². The van der Waals surface area contributed by atoms with Gasteiger partial charge in [-0.05, 0) is 31.5 Å². The van der Waals surface area contributed by atoms with Crippen LogP contribution in [0, 0.1) is 5.82 Å². The molecule has 3 nitrogen and oxygen atoms in total. The minimum Gasteiger partial charge on any atom is -0.294 e. The molecule has 1 rings (SSSR count). The average molecular weight is 231 g/mol. The topological polar surface area (TPSA) is 55.1 Å². The Morgan fingerprint density at radius 2 is 2.13 bits per heavy atom. The lowest BCUT2D eigenvalue weighted by Crippen LogP contribution is -2.43. The first kappa shape index (κ1) is 11.9. The first-order chi connectivity index (χ1) is 6.89. The van der Waals surface area contributed by atoms with Crippen molar-refractivity contribution in [3.8, 4) is 0 Å². The predicted molar refractivity (Wildman–Crippen MR) is 56.8 cm³/mol. The Morgan fingerprint density at radius 1 is 1.53 bits per heavy atom. The van der Waals surface area contributed by atoms with Crippen LogP contribution in [0.5, 0.6) is 0 Å². The number of carbonyl (C=O) groups excluding carboxylic acids is 1. The molecule has 0 heterocycles. The summed E-state index contributed by atoms with van der Waals surface area (Å²) >= 11 is 5.63. The number of hydrazine groups is 1. The molecular formula is C10H12ClFN2O. The Bertz CT molecular complexity index is 393. The molecule has 0 radical (unpaired) electrons. The third-order valence-electron chi connectivity index (χ3n) is 2.34. The van der Waals surface area contributed by atoms with Crippen molar-refractivity contribution >= 4 is 17.5 Å². The Kier molecular flexibility index (Phi) is 3.31. The predicted octanol–water partition coefficient (Wildman–Crippen LogP) is 1.75. The third-order valence-corrected chi connectivity index (χ3v) is 2.63. The second-order valence-corrected chi connectivity index (χ2v) is 4.13. The molecule has 1 amide bonds. The standard InChI is InChI=1S/C10H12ClFN2O/c1-10(2,9(15)14-13)6-3-4-8(12)7(11)5-6/h3-5H,13H2,1-2H3,(H,14,15). The monoisotopic (exact) mass is 230 g/mol. The van der Waals surface area contributed by atoms with E-state index in [0.29, 0.717) is 5.56 Å². The van der Waals surface area contributed by atoms with E-state index in [1.807, 2.05) is 0 Å². The summed E-state index contributed by atoms with van der Waals surface area (Å²) in [4.78, 5) is 11.5. The molecule has 0 aliphatic rings. The molecule has 3 N–H and O–H groups in total. The molecule has 0 saturated heterocycles. The van der Waals surface area contributed by atoms with Gasteiger partial charge in [-0.1, -0.05) is 17.7 Å². The number of rotatable bonds is 2. The number of carbonyl (C=O) groups is 1. The fourth-order valence-corrected chi connectivity index (χ4v) is 1.38. The molecule has 0 aromatic heterocycles. The van der Waals surface area contributed by atoms with E-state index < -0.39 is 11.2 Å². The summed E-state index contributed by atoms with van der Waals surface area (Å²) in [6, 6.07) is 4.16. The van der Waals surface area contributed by atoms with Crippen LogP contribution in [0.2, 0.25) is 5.02 Å². The lowest BCUT2D eigenvalue weighted by Gasteiger charge is -2.22. The lowest BCUT2D eigenvalue weighted by molar-refractivity contribution is -0.125. The van der Waals surface area contributed by atoms with Crippen molar-refractivity contribution in [1.29, 1.82) is 0 Å². The van der Waals surface area contributed by atoms with Gasteiger partial charge in [0.25, 0.3) is 0 Å². The minimum atomic E-state index is -0.841. The van der Waals surface area contributed by atoms with Crippen LogP contribution in [0.1, 0.15) is 19.4 Å². The van der Waals surface area contributed by atoms with E-state index in [4.69, 9.17) is 17.4 Å². The van der Waals surface area contributed by atoms with Crippen molar-refractivity contribution in [2.75, 3.05) is 0 Å². The third kappa shape index (κ3) is 2.27. The number of amides is 1. The molecule has 0 aliphatic carbocycles. The maximum Gasteiger partial charge on any atom is 0.243 e. The molecule has 0 spiro atoms. The highest BCUT2D eigenvalue weighted by Crippen LogP contribution is 2.27. The van der Waals surface area contributed by atoms with Crippen LogP contribution in [-0.2, 0) is 10.2 Å². The van der Waals surface area contributed by atoms with Crippen LogP contribution < -0.4 is 11.3 Å². The van der Waals surface area contributed by atoms with Crippen LogP contribution >= 0.6 is 11.6 Å². The normalized spacial score (nSPS) is 11.3. The molecule has 1 aromatic rings. The van der Waals surface area contributed by atoms with Gasteiger partial charge in [-0.2, -0.15) is 0 Å². The first-order valence-corrected chi connectivity index (χ1v) is 4.74. The highest BCUT2D eigenvalue weighted by molar-refractivity contribution is 6.30. The summed E-state index contributed by atoms with van der Waals surface area (Å²) in [6.45, 7) is 3.36. The average Bonchev–Trinajstić information content (AvgIpc) is 2.20. The molecular weight excluding hydrogens is 219 g/mol. The van der Waals surface area contributed by atoms with E-state index in [0.717, 1.165) is 0 Å². The second-order valence-electron chi connectivity index (χ2n) is 3.73. The van der Waals surface area contributed by atoms with Gasteiger partial charge in [0.2, 0.25) is 5.91 Å². The second kappa shape index (κ2) is 4.16. The van der Waals surface area contributed by atoms with Crippen molar-refractivity contribution in [2.45, 2.75) is 19.3 Å². The molecule has 0 saturated carbocycles. The van der Waals surface area contributed by atoms with Gasteiger partial charge in [-0.15, -0.1) is 0 Å². The van der Waals surface area contributed by atoms with E-state index in [1.54, 1.807) is 13.8 Å². The maximum atomic E-state index is 12.9. The van der Waals surface area contributed by atoms with Gasteiger partial charge >= 0.3 is 0 Å². The Hall–Kier alpha value is -1.13. The van der Waals surface area contributed by atoms with Crippen molar-refractivity contribution in [2.24, 2.45) is 5.84 Å². The Morgan fingerprint density at radius 3 is 2.60 bits per heavy atom. The largest absolute Gasteiger partial charge is 0.294 e. The fourth-order valence-electron chi connectivity index (χ4n) is 1.20. The number of benzene rings is 1. The summed E-state index contributed by atoms with van der Waals surface area (Å²) in [5.74, 6) is 4.19. The molecule has 82 valence electrons. The highest BCUT2D eigenvalue weighted by Gasteiger charge is 2.29. The van der Waals surface area contributed by atoms with Gasteiger partial charge in [0.15, 0.2) is 0 Å². The number of halogens is 2. The van der Waals surface area contributed by atoms with Gasteiger partial charge in [-0.3, -0.25) is 10.2 Å². The number of hydrogen-bond acceptors (Lipinski definition) is 2. The fraction of sp³-hybridized carbons (Fsp3) is 0.300. The molecule has 1 aromatic carbocycles. The van der Waals surface area contributed by atoms with Crippen LogP contribution in [0.4, 0.5) is 4.39 Å². The van der Waals surface area contributed by atoms with Crippen LogP contribution in [-0.4, -0.2) is 5.91 Å². The molecule has 0 bridgehead atoms. The SMILES string of the molecule is CC(C)(C(=O)NN)c1ccc(F)c(Cl)c1. The quantitative estimate of drug-likeness (QED) is 0.462. The van der Waals surface area contributed by atoms with Crippen LogP contribution in [0.3, 0.4) is 0 Å². The van der Waals surface area contributed by atoms with E-state index in [1.165, 1.54) is 18.2 Å². The number of hydrogen-bond donors (Lipinski definition) is 2. The van der Waals surface area contributed by atoms with Crippen molar-refractivity contribution in [1.82, 2.24) is 5.43 Å². The number of nitrogens with one attached hydrogen (secondary N) is 1. The van der Waals surface area contributed by atoms with E-state index in [9.17, 15) is 9.18 Å². The first-order valence-electron chi connectivity index (χ1n) is 4.36. The van der Waals surface area contributed by atoms with Gasteiger partial charge in [-0.25, -0.2) is 10.2 Å². The summed E-state index contributed by atoms with van der Waals surface area (Å²) < 4.78 is 12.9. The molecule has 0 aliphatic heterocycles. The molecule has 5 heteroatoms. The molecule has 0 atom stereocenters. The van der Waals surface area contributed by atoms with Gasteiger partial charge < -0.3 is 0 Å². The lowest BCUT2D eigenvalue weighted by atomic mass is 9.84. The number of nitrogens with two attached hydrogens (primary N) is 1. The summed E-state index contributed by atoms with van der Waals surface area (Å²) in [6.07, 6.45) is 0.